The zero-order valence-electron chi connectivity index (χ0n) is 10.2. The number of carboxylic acids is 1. The standard InChI is InChI=1S/C14H17ClO3/c15-11-8-5-9-12(13(11)14(16)17)18-10-6-3-1-2-4-7-10/h5,8-10H,1-4,6-7H2,(H,16,17). The molecule has 1 aromatic rings. The van der Waals surface area contributed by atoms with E-state index in [0.717, 1.165) is 25.7 Å². The Bertz CT molecular complexity index is 423. The number of halogens is 1. The van der Waals surface area contributed by atoms with Gasteiger partial charge in [-0.05, 0) is 37.8 Å². The molecule has 0 bridgehead atoms. The molecule has 0 aliphatic heterocycles. The second-order valence-corrected chi connectivity index (χ2v) is 5.06. The van der Waals surface area contributed by atoms with E-state index >= 15 is 0 Å². The summed E-state index contributed by atoms with van der Waals surface area (Å²) in [6, 6.07) is 4.98. The average Bonchev–Trinajstić information content (AvgIpc) is 2.57. The molecule has 3 nitrogen and oxygen atoms in total. The Kier molecular flexibility index (Phi) is 4.48. The molecule has 18 heavy (non-hydrogen) atoms. The van der Waals surface area contributed by atoms with Crippen LogP contribution < -0.4 is 4.74 Å². The minimum atomic E-state index is -1.04. The molecule has 0 aromatic heterocycles. The normalized spacial score (nSPS) is 17.2. The number of hydrogen-bond donors (Lipinski definition) is 1. The summed E-state index contributed by atoms with van der Waals surface area (Å²) < 4.78 is 5.84. The maximum Gasteiger partial charge on any atom is 0.341 e. The molecule has 1 aliphatic carbocycles. The molecule has 1 N–H and O–H groups in total. The van der Waals surface area contributed by atoms with Crippen LogP contribution in [0.4, 0.5) is 0 Å². The average molecular weight is 269 g/mol. The Labute approximate surface area is 112 Å². The number of aromatic carboxylic acids is 1. The monoisotopic (exact) mass is 268 g/mol. The van der Waals surface area contributed by atoms with Crippen molar-refractivity contribution in [3.8, 4) is 5.75 Å². The van der Waals surface area contributed by atoms with Gasteiger partial charge in [-0.25, -0.2) is 4.79 Å². The van der Waals surface area contributed by atoms with Crippen LogP contribution in [0, 0.1) is 0 Å². The lowest BCUT2D eigenvalue weighted by Crippen LogP contribution is -2.17. The summed E-state index contributed by atoms with van der Waals surface area (Å²) >= 11 is 5.91. The topological polar surface area (TPSA) is 46.5 Å². The van der Waals surface area contributed by atoms with Crippen LogP contribution in [0.1, 0.15) is 48.9 Å². The minimum absolute atomic E-state index is 0.0726. The predicted octanol–water partition coefficient (Wildman–Crippen LogP) is 4.14. The Balaban J connectivity index is 2.17. The summed E-state index contributed by atoms with van der Waals surface area (Å²) in [7, 11) is 0. The third kappa shape index (κ3) is 3.16. The number of carboxylic acid groups (broad SMARTS) is 1. The molecule has 0 unspecified atom stereocenters. The third-order valence-electron chi connectivity index (χ3n) is 3.29. The lowest BCUT2D eigenvalue weighted by Gasteiger charge is -2.18. The van der Waals surface area contributed by atoms with Gasteiger partial charge in [0.1, 0.15) is 11.3 Å². The molecule has 0 radical (unpaired) electrons. The van der Waals surface area contributed by atoms with Crippen molar-refractivity contribution in [2.24, 2.45) is 0 Å². The molecule has 0 amide bonds. The molecule has 4 heteroatoms. The fourth-order valence-electron chi connectivity index (χ4n) is 2.35. The highest BCUT2D eigenvalue weighted by Gasteiger charge is 2.20. The second kappa shape index (κ2) is 6.10. The zero-order valence-corrected chi connectivity index (χ0v) is 10.9. The van der Waals surface area contributed by atoms with Crippen molar-refractivity contribution >= 4 is 17.6 Å². The Morgan fingerprint density at radius 2 is 1.89 bits per heavy atom. The van der Waals surface area contributed by atoms with E-state index in [2.05, 4.69) is 0 Å². The van der Waals surface area contributed by atoms with Crippen LogP contribution in [0.2, 0.25) is 5.02 Å². The molecule has 1 saturated carbocycles. The SMILES string of the molecule is O=C(O)c1c(Cl)cccc1OC1CCCCCC1. The highest BCUT2D eigenvalue weighted by atomic mass is 35.5. The van der Waals surface area contributed by atoms with E-state index in [1.54, 1.807) is 18.2 Å². The first-order valence-electron chi connectivity index (χ1n) is 6.37. The van der Waals surface area contributed by atoms with Crippen molar-refractivity contribution in [1.82, 2.24) is 0 Å². The molecule has 1 aromatic carbocycles. The van der Waals surface area contributed by atoms with Gasteiger partial charge in [-0.2, -0.15) is 0 Å². The van der Waals surface area contributed by atoms with Crippen molar-refractivity contribution in [1.29, 1.82) is 0 Å². The maximum atomic E-state index is 11.2. The van der Waals surface area contributed by atoms with Crippen molar-refractivity contribution in [2.45, 2.75) is 44.6 Å². The van der Waals surface area contributed by atoms with Gasteiger partial charge in [0.15, 0.2) is 0 Å². The van der Waals surface area contributed by atoms with Gasteiger partial charge in [0, 0.05) is 0 Å². The number of benzene rings is 1. The van der Waals surface area contributed by atoms with Gasteiger partial charge in [-0.1, -0.05) is 30.5 Å². The molecule has 0 heterocycles. The van der Waals surface area contributed by atoms with Crippen LogP contribution in [-0.2, 0) is 0 Å². The third-order valence-corrected chi connectivity index (χ3v) is 3.60. The van der Waals surface area contributed by atoms with Gasteiger partial charge in [0.25, 0.3) is 0 Å². The molecule has 98 valence electrons. The van der Waals surface area contributed by atoms with Crippen LogP contribution in [0.5, 0.6) is 5.75 Å². The van der Waals surface area contributed by atoms with Crippen molar-refractivity contribution < 1.29 is 14.6 Å². The first kappa shape index (κ1) is 13.2. The highest BCUT2D eigenvalue weighted by Crippen LogP contribution is 2.29. The van der Waals surface area contributed by atoms with Crippen LogP contribution in [0.15, 0.2) is 18.2 Å². The predicted molar refractivity (Wildman–Crippen MR) is 70.5 cm³/mol. The summed E-state index contributed by atoms with van der Waals surface area (Å²) in [6.07, 6.45) is 6.87. The number of ether oxygens (including phenoxy) is 1. The molecule has 0 atom stereocenters. The summed E-state index contributed by atoms with van der Waals surface area (Å²) in [5.74, 6) is -0.647. The first-order chi connectivity index (χ1) is 8.68. The van der Waals surface area contributed by atoms with Crippen molar-refractivity contribution in [3.05, 3.63) is 28.8 Å². The van der Waals surface area contributed by atoms with Crippen molar-refractivity contribution in [2.75, 3.05) is 0 Å². The fourth-order valence-corrected chi connectivity index (χ4v) is 2.60. The fraction of sp³-hybridized carbons (Fsp3) is 0.500. The van der Waals surface area contributed by atoms with E-state index < -0.39 is 5.97 Å². The van der Waals surface area contributed by atoms with Crippen LogP contribution in [-0.4, -0.2) is 17.2 Å². The van der Waals surface area contributed by atoms with Crippen LogP contribution >= 0.6 is 11.6 Å². The summed E-state index contributed by atoms with van der Waals surface area (Å²) in [5.41, 5.74) is 0.0726. The van der Waals surface area contributed by atoms with Crippen LogP contribution in [0.3, 0.4) is 0 Å². The van der Waals surface area contributed by atoms with Gasteiger partial charge >= 0.3 is 5.97 Å². The van der Waals surface area contributed by atoms with Gasteiger partial charge in [-0.15, -0.1) is 0 Å². The Morgan fingerprint density at radius 3 is 2.50 bits per heavy atom. The molecule has 2 rings (SSSR count). The van der Waals surface area contributed by atoms with Gasteiger partial charge in [-0.3, -0.25) is 0 Å². The lowest BCUT2D eigenvalue weighted by molar-refractivity contribution is 0.0688. The van der Waals surface area contributed by atoms with E-state index in [4.69, 9.17) is 21.4 Å². The van der Waals surface area contributed by atoms with Gasteiger partial charge in [0.2, 0.25) is 0 Å². The summed E-state index contributed by atoms with van der Waals surface area (Å²) in [5, 5.41) is 9.40. The Morgan fingerprint density at radius 1 is 1.22 bits per heavy atom. The van der Waals surface area contributed by atoms with Crippen LogP contribution in [0.25, 0.3) is 0 Å². The number of hydrogen-bond acceptors (Lipinski definition) is 2. The second-order valence-electron chi connectivity index (χ2n) is 4.65. The molecular formula is C14H17ClO3. The van der Waals surface area contributed by atoms with E-state index in [1.165, 1.54) is 12.8 Å². The van der Waals surface area contributed by atoms with Crippen molar-refractivity contribution in [3.63, 3.8) is 0 Å². The molecule has 1 aliphatic rings. The van der Waals surface area contributed by atoms with Gasteiger partial charge < -0.3 is 9.84 Å². The van der Waals surface area contributed by atoms with Gasteiger partial charge in [0.05, 0.1) is 11.1 Å². The van der Waals surface area contributed by atoms with E-state index in [9.17, 15) is 4.79 Å². The number of carbonyl (C=O) groups is 1. The smallest absolute Gasteiger partial charge is 0.341 e. The highest BCUT2D eigenvalue weighted by molar-refractivity contribution is 6.33. The largest absolute Gasteiger partial charge is 0.489 e. The zero-order chi connectivity index (χ0) is 13.0. The molecule has 0 spiro atoms. The first-order valence-corrected chi connectivity index (χ1v) is 6.75. The minimum Gasteiger partial charge on any atom is -0.489 e. The molecular weight excluding hydrogens is 252 g/mol. The molecule has 1 fully saturated rings. The summed E-state index contributed by atoms with van der Waals surface area (Å²) in [6.45, 7) is 0. The lowest BCUT2D eigenvalue weighted by atomic mass is 10.1. The summed E-state index contributed by atoms with van der Waals surface area (Å²) in [4.78, 5) is 11.2. The van der Waals surface area contributed by atoms with E-state index in [0.29, 0.717) is 5.75 Å². The van der Waals surface area contributed by atoms with E-state index in [1.807, 2.05) is 0 Å². The van der Waals surface area contributed by atoms with E-state index in [-0.39, 0.29) is 16.7 Å². The maximum absolute atomic E-state index is 11.2. The Hall–Kier alpha value is -1.22. The number of rotatable bonds is 3. The quantitative estimate of drug-likeness (QED) is 0.838. The molecule has 0 saturated heterocycles.